The van der Waals surface area contributed by atoms with Gasteiger partial charge < -0.3 is 20.1 Å². The first kappa shape index (κ1) is 21.4. The summed E-state index contributed by atoms with van der Waals surface area (Å²) in [4.78, 5) is 38.9. The van der Waals surface area contributed by atoms with E-state index in [0.717, 1.165) is 11.1 Å². The van der Waals surface area contributed by atoms with Gasteiger partial charge in [0.15, 0.2) is 6.10 Å². The summed E-state index contributed by atoms with van der Waals surface area (Å²) in [6, 6.07) is 14.2. The van der Waals surface area contributed by atoms with E-state index in [4.69, 9.17) is 15.2 Å². The van der Waals surface area contributed by atoms with Crippen LogP contribution in [0.2, 0.25) is 0 Å². The molecule has 1 saturated heterocycles. The van der Waals surface area contributed by atoms with Crippen molar-refractivity contribution >= 4 is 23.5 Å². The van der Waals surface area contributed by atoms with Crippen molar-refractivity contribution < 1.29 is 23.9 Å². The van der Waals surface area contributed by atoms with Gasteiger partial charge in [0, 0.05) is 12.1 Å². The van der Waals surface area contributed by atoms with Crippen LogP contribution in [0, 0.1) is 12.8 Å². The molecule has 1 aliphatic heterocycles. The van der Waals surface area contributed by atoms with E-state index in [-0.39, 0.29) is 12.3 Å². The van der Waals surface area contributed by atoms with Crippen molar-refractivity contribution in [2.24, 2.45) is 11.7 Å². The highest BCUT2D eigenvalue weighted by Gasteiger charge is 2.43. The van der Waals surface area contributed by atoms with Crippen molar-refractivity contribution in [2.75, 3.05) is 12.0 Å². The number of hydrogen-bond acceptors (Lipinski definition) is 5. The number of nitrogens with zero attached hydrogens (tertiary/aromatic N) is 1. The normalized spacial score (nSPS) is 19.8. The Labute approximate surface area is 175 Å². The predicted octanol–water partition coefficient (Wildman–Crippen LogP) is 2.90. The van der Waals surface area contributed by atoms with Crippen molar-refractivity contribution in [1.82, 2.24) is 0 Å². The molecule has 2 N–H and O–H groups in total. The number of carbonyl (C=O) groups is 3. The third-order valence-electron chi connectivity index (χ3n) is 5.36. The van der Waals surface area contributed by atoms with Crippen LogP contribution in [0.25, 0.3) is 0 Å². The first-order chi connectivity index (χ1) is 14.3. The highest BCUT2D eigenvalue weighted by molar-refractivity contribution is 5.97. The number of aryl methyl sites for hydroxylation is 1. The van der Waals surface area contributed by atoms with Crippen LogP contribution in [0.15, 0.2) is 48.5 Å². The van der Waals surface area contributed by atoms with Crippen molar-refractivity contribution in [3.63, 3.8) is 0 Å². The van der Waals surface area contributed by atoms with Gasteiger partial charge in [-0.3, -0.25) is 14.4 Å². The molecule has 0 radical (unpaired) electrons. The molecule has 3 atom stereocenters. The summed E-state index contributed by atoms with van der Waals surface area (Å²) >= 11 is 0. The van der Waals surface area contributed by atoms with Gasteiger partial charge in [-0.1, -0.05) is 29.8 Å². The lowest BCUT2D eigenvalue weighted by atomic mass is 9.83. The minimum absolute atomic E-state index is 0.0772. The third-order valence-corrected chi connectivity index (χ3v) is 5.36. The molecule has 1 heterocycles. The van der Waals surface area contributed by atoms with Crippen LogP contribution in [0.4, 0.5) is 5.69 Å². The average Bonchev–Trinajstić information content (AvgIpc) is 2.74. The minimum Gasteiger partial charge on any atom is -0.497 e. The Hall–Kier alpha value is -3.35. The number of nitrogens with two attached hydrogens (primary N) is 1. The monoisotopic (exact) mass is 410 g/mol. The number of primary amides is 1. The first-order valence-corrected chi connectivity index (χ1v) is 9.84. The lowest BCUT2D eigenvalue weighted by Gasteiger charge is -2.40. The summed E-state index contributed by atoms with van der Waals surface area (Å²) in [5, 5.41) is 0. The van der Waals surface area contributed by atoms with Crippen molar-refractivity contribution in [3.05, 3.63) is 59.7 Å². The van der Waals surface area contributed by atoms with Gasteiger partial charge in [-0.05, 0) is 50.1 Å². The van der Waals surface area contributed by atoms with E-state index >= 15 is 0 Å². The predicted molar refractivity (Wildman–Crippen MR) is 112 cm³/mol. The second-order valence-electron chi connectivity index (χ2n) is 7.44. The Morgan fingerprint density at radius 3 is 2.30 bits per heavy atom. The molecule has 0 saturated carbocycles. The second-order valence-corrected chi connectivity index (χ2v) is 7.44. The van der Waals surface area contributed by atoms with Crippen molar-refractivity contribution in [1.29, 1.82) is 0 Å². The molecule has 3 rings (SSSR count). The van der Waals surface area contributed by atoms with Gasteiger partial charge in [0.1, 0.15) is 5.75 Å². The summed E-state index contributed by atoms with van der Waals surface area (Å²) in [5.74, 6) is -1.31. The largest absolute Gasteiger partial charge is 0.497 e. The Morgan fingerprint density at radius 1 is 1.10 bits per heavy atom. The molecule has 0 aromatic heterocycles. The molecule has 30 heavy (non-hydrogen) atoms. The van der Waals surface area contributed by atoms with Crippen molar-refractivity contribution in [3.8, 4) is 5.75 Å². The van der Waals surface area contributed by atoms with E-state index in [0.29, 0.717) is 17.9 Å². The van der Waals surface area contributed by atoms with Crippen LogP contribution in [-0.2, 0) is 19.1 Å². The van der Waals surface area contributed by atoms with Gasteiger partial charge in [-0.25, -0.2) is 0 Å². The standard InChI is InChI=1S/C23H26N2O5/c1-14-4-8-17(9-5-14)25-20(26)13-12-19(23(28)30-15(2)22(24)27)21(25)16-6-10-18(29-3)11-7-16/h4-11,15,19,21H,12-13H2,1-3H3,(H2,24,27)/t15-,19-,21-/m0/s1. The Morgan fingerprint density at radius 2 is 1.73 bits per heavy atom. The summed E-state index contributed by atoms with van der Waals surface area (Å²) < 4.78 is 10.5. The minimum atomic E-state index is -1.04. The number of carbonyl (C=O) groups excluding carboxylic acids is 3. The van der Waals surface area contributed by atoms with E-state index in [2.05, 4.69) is 0 Å². The van der Waals surface area contributed by atoms with E-state index in [1.54, 1.807) is 24.1 Å². The molecule has 1 aliphatic rings. The van der Waals surface area contributed by atoms with E-state index < -0.39 is 29.9 Å². The molecule has 158 valence electrons. The van der Waals surface area contributed by atoms with Crippen LogP contribution in [0.3, 0.4) is 0 Å². The summed E-state index contributed by atoms with van der Waals surface area (Å²) in [7, 11) is 1.57. The molecule has 0 bridgehead atoms. The maximum absolute atomic E-state index is 13.0. The number of esters is 1. The molecule has 7 nitrogen and oxygen atoms in total. The smallest absolute Gasteiger partial charge is 0.312 e. The Balaban J connectivity index is 2.03. The fourth-order valence-corrected chi connectivity index (χ4v) is 3.65. The van der Waals surface area contributed by atoms with Gasteiger partial charge in [0.05, 0.1) is 19.1 Å². The van der Waals surface area contributed by atoms with Crippen LogP contribution in [-0.4, -0.2) is 31.0 Å². The number of rotatable bonds is 6. The molecule has 0 spiro atoms. The van der Waals surface area contributed by atoms with Gasteiger partial charge in [0.25, 0.3) is 5.91 Å². The highest BCUT2D eigenvalue weighted by atomic mass is 16.5. The fourth-order valence-electron chi connectivity index (χ4n) is 3.65. The SMILES string of the molecule is COc1ccc([C@H]2[C@@H](C(=O)O[C@@H](C)C(N)=O)CCC(=O)N2c2ccc(C)cc2)cc1. The number of hydrogen-bond donors (Lipinski definition) is 1. The van der Waals surface area contributed by atoms with E-state index in [1.807, 2.05) is 43.3 Å². The molecule has 2 aromatic carbocycles. The molecule has 0 unspecified atom stereocenters. The van der Waals surface area contributed by atoms with E-state index in [9.17, 15) is 14.4 Å². The maximum Gasteiger partial charge on any atom is 0.312 e. The van der Waals surface area contributed by atoms with Gasteiger partial charge in [-0.2, -0.15) is 0 Å². The number of benzene rings is 2. The summed E-state index contributed by atoms with van der Waals surface area (Å²) in [5.41, 5.74) is 7.79. The molecule has 2 aromatic rings. The topological polar surface area (TPSA) is 98.9 Å². The summed E-state index contributed by atoms with van der Waals surface area (Å²) in [6.07, 6.45) is -0.521. The zero-order chi connectivity index (χ0) is 21.8. The van der Waals surface area contributed by atoms with Crippen LogP contribution in [0.5, 0.6) is 5.75 Å². The lowest BCUT2D eigenvalue weighted by molar-refractivity contribution is -0.159. The Bertz CT molecular complexity index is 924. The highest BCUT2D eigenvalue weighted by Crippen LogP contribution is 2.41. The number of methoxy groups -OCH3 is 1. The maximum atomic E-state index is 13.0. The van der Waals surface area contributed by atoms with Crippen LogP contribution in [0.1, 0.15) is 36.9 Å². The van der Waals surface area contributed by atoms with E-state index in [1.165, 1.54) is 6.92 Å². The molecule has 1 fully saturated rings. The molecular weight excluding hydrogens is 384 g/mol. The zero-order valence-electron chi connectivity index (χ0n) is 17.3. The molecule has 0 aliphatic carbocycles. The zero-order valence-corrected chi connectivity index (χ0v) is 17.3. The number of ether oxygens (including phenoxy) is 2. The van der Waals surface area contributed by atoms with Gasteiger partial charge >= 0.3 is 5.97 Å². The number of amides is 2. The average molecular weight is 410 g/mol. The molecular formula is C23H26N2O5. The lowest BCUT2D eigenvalue weighted by Crippen LogP contribution is -2.47. The summed E-state index contributed by atoms with van der Waals surface area (Å²) in [6.45, 7) is 3.41. The first-order valence-electron chi connectivity index (χ1n) is 9.84. The van der Waals surface area contributed by atoms with Crippen LogP contribution < -0.4 is 15.4 Å². The fraction of sp³-hybridized carbons (Fsp3) is 0.348. The van der Waals surface area contributed by atoms with Gasteiger partial charge in [0.2, 0.25) is 5.91 Å². The quantitative estimate of drug-likeness (QED) is 0.738. The number of anilines is 1. The van der Waals surface area contributed by atoms with Gasteiger partial charge in [-0.15, -0.1) is 0 Å². The van der Waals surface area contributed by atoms with Crippen LogP contribution >= 0.6 is 0 Å². The second kappa shape index (κ2) is 8.98. The third kappa shape index (κ3) is 4.45. The molecule has 2 amide bonds. The molecule has 7 heteroatoms. The van der Waals surface area contributed by atoms with Crippen molar-refractivity contribution in [2.45, 2.75) is 38.8 Å². The Kier molecular flexibility index (Phi) is 6.40. The number of piperidine rings is 1.